The van der Waals surface area contributed by atoms with Gasteiger partial charge >= 0.3 is 0 Å². The quantitative estimate of drug-likeness (QED) is 0.186. The van der Waals surface area contributed by atoms with Gasteiger partial charge in [-0.05, 0) is 56.0 Å². The van der Waals surface area contributed by atoms with Crippen molar-refractivity contribution in [3.05, 3.63) is 59.5 Å². The van der Waals surface area contributed by atoms with Gasteiger partial charge in [-0.1, -0.05) is 35.5 Å². The maximum absolute atomic E-state index is 5.88. The van der Waals surface area contributed by atoms with Gasteiger partial charge in [-0.25, -0.2) is 0 Å². The fourth-order valence-corrected chi connectivity index (χ4v) is 3.28. The molecule has 0 aliphatic carbocycles. The molecule has 30 heavy (non-hydrogen) atoms. The van der Waals surface area contributed by atoms with E-state index < -0.39 is 0 Å². The van der Waals surface area contributed by atoms with Gasteiger partial charge in [0.15, 0.2) is 5.96 Å². The number of hydrogen-bond donors (Lipinski definition) is 2. The third-order valence-electron chi connectivity index (χ3n) is 4.90. The average Bonchev–Trinajstić information content (AvgIpc) is 3.06. The monoisotopic (exact) mass is 522 g/mol. The summed E-state index contributed by atoms with van der Waals surface area (Å²) in [7, 11) is 1.79. The molecule has 0 aliphatic rings. The van der Waals surface area contributed by atoms with Crippen molar-refractivity contribution in [1.29, 1.82) is 0 Å². The molecule has 2 aromatic carbocycles. The zero-order chi connectivity index (χ0) is 20.5. The molecule has 3 aromatic rings. The molecule has 0 atom stereocenters. The summed E-state index contributed by atoms with van der Waals surface area (Å²) in [6.07, 6.45) is 2.84. The second-order valence-corrected chi connectivity index (χ2v) is 7.04. The summed E-state index contributed by atoms with van der Waals surface area (Å²) < 4.78 is 11.1. The van der Waals surface area contributed by atoms with E-state index in [4.69, 9.17) is 9.26 Å². The standard InChI is InChI=1S/C23H30N4O2.HI/c1-17-22(18(2)29-27-17)10-6-13-25-23(24-3)26-14-7-15-28-21-12-11-19-8-4-5-9-20(19)16-21;/h4-5,8-9,11-12,16H,6-7,10,13-15H2,1-3H3,(H2,24,25,26);1H. The van der Waals surface area contributed by atoms with Crippen LogP contribution in [0.3, 0.4) is 0 Å². The van der Waals surface area contributed by atoms with Crippen LogP contribution in [0.25, 0.3) is 10.8 Å². The lowest BCUT2D eigenvalue weighted by molar-refractivity contribution is 0.311. The maximum atomic E-state index is 5.88. The van der Waals surface area contributed by atoms with Crippen LogP contribution in [0.15, 0.2) is 52.0 Å². The predicted molar refractivity (Wildman–Crippen MR) is 133 cm³/mol. The van der Waals surface area contributed by atoms with E-state index in [1.807, 2.05) is 32.0 Å². The lowest BCUT2D eigenvalue weighted by Gasteiger charge is -2.12. The largest absolute Gasteiger partial charge is 0.494 e. The minimum Gasteiger partial charge on any atom is -0.494 e. The van der Waals surface area contributed by atoms with Crippen molar-refractivity contribution in [3.8, 4) is 5.75 Å². The summed E-state index contributed by atoms with van der Waals surface area (Å²) in [6.45, 7) is 6.26. The number of nitrogens with zero attached hydrogens (tertiary/aromatic N) is 2. The summed E-state index contributed by atoms with van der Waals surface area (Å²) >= 11 is 0. The van der Waals surface area contributed by atoms with E-state index in [0.717, 1.165) is 55.5 Å². The Morgan fingerprint density at radius 1 is 1.03 bits per heavy atom. The molecule has 0 bridgehead atoms. The van der Waals surface area contributed by atoms with Gasteiger partial charge in [0.1, 0.15) is 11.5 Å². The summed E-state index contributed by atoms with van der Waals surface area (Å²) in [5.41, 5.74) is 2.19. The molecule has 1 heterocycles. The Balaban J connectivity index is 0.00000320. The van der Waals surface area contributed by atoms with Gasteiger partial charge in [-0.2, -0.15) is 0 Å². The molecule has 0 spiro atoms. The van der Waals surface area contributed by atoms with Crippen LogP contribution < -0.4 is 15.4 Å². The van der Waals surface area contributed by atoms with Crippen LogP contribution in [0.1, 0.15) is 29.9 Å². The number of guanidine groups is 1. The molecule has 7 heteroatoms. The van der Waals surface area contributed by atoms with Crippen LogP contribution in [0, 0.1) is 13.8 Å². The van der Waals surface area contributed by atoms with Crippen molar-refractivity contribution >= 4 is 40.7 Å². The zero-order valence-corrected chi connectivity index (χ0v) is 20.2. The van der Waals surface area contributed by atoms with E-state index in [1.165, 1.54) is 16.3 Å². The summed E-state index contributed by atoms with van der Waals surface area (Å²) in [6, 6.07) is 14.5. The Labute approximate surface area is 195 Å². The smallest absolute Gasteiger partial charge is 0.190 e. The van der Waals surface area contributed by atoms with Crippen molar-refractivity contribution in [2.45, 2.75) is 33.1 Å². The normalized spacial score (nSPS) is 11.2. The van der Waals surface area contributed by atoms with E-state index in [2.05, 4.69) is 45.0 Å². The van der Waals surface area contributed by atoms with E-state index >= 15 is 0 Å². The van der Waals surface area contributed by atoms with Gasteiger partial charge in [0, 0.05) is 25.7 Å². The number of hydrogen-bond acceptors (Lipinski definition) is 4. The molecule has 3 rings (SSSR count). The number of fused-ring (bicyclic) bond motifs is 1. The minimum absolute atomic E-state index is 0. The first-order valence-corrected chi connectivity index (χ1v) is 10.1. The Hall–Kier alpha value is -2.29. The fourth-order valence-electron chi connectivity index (χ4n) is 3.28. The number of ether oxygens (including phenoxy) is 1. The van der Waals surface area contributed by atoms with Crippen molar-refractivity contribution in [3.63, 3.8) is 0 Å². The summed E-state index contributed by atoms with van der Waals surface area (Å²) in [4.78, 5) is 4.27. The van der Waals surface area contributed by atoms with Crippen LogP contribution in [-0.2, 0) is 6.42 Å². The number of rotatable bonds is 9. The highest BCUT2D eigenvalue weighted by Crippen LogP contribution is 2.20. The van der Waals surface area contributed by atoms with E-state index in [9.17, 15) is 0 Å². The van der Waals surface area contributed by atoms with E-state index in [-0.39, 0.29) is 24.0 Å². The van der Waals surface area contributed by atoms with Crippen molar-refractivity contribution in [2.75, 3.05) is 26.7 Å². The topological polar surface area (TPSA) is 71.7 Å². The van der Waals surface area contributed by atoms with Crippen LogP contribution in [0.2, 0.25) is 0 Å². The Kier molecular flexibility index (Phi) is 9.93. The van der Waals surface area contributed by atoms with Crippen LogP contribution >= 0.6 is 24.0 Å². The molecule has 1 aromatic heterocycles. The molecule has 2 N–H and O–H groups in total. The summed E-state index contributed by atoms with van der Waals surface area (Å²) in [5, 5.41) is 13.1. The first-order valence-electron chi connectivity index (χ1n) is 10.1. The average molecular weight is 522 g/mol. The van der Waals surface area contributed by atoms with E-state index in [0.29, 0.717) is 6.61 Å². The lowest BCUT2D eigenvalue weighted by atomic mass is 10.1. The number of aryl methyl sites for hydroxylation is 2. The molecule has 0 unspecified atom stereocenters. The molecule has 0 radical (unpaired) electrons. The first-order chi connectivity index (χ1) is 14.2. The van der Waals surface area contributed by atoms with Gasteiger partial charge in [-0.15, -0.1) is 24.0 Å². The third kappa shape index (κ3) is 6.90. The molecule has 6 nitrogen and oxygen atoms in total. The third-order valence-corrected chi connectivity index (χ3v) is 4.90. The highest BCUT2D eigenvalue weighted by Gasteiger charge is 2.08. The maximum Gasteiger partial charge on any atom is 0.190 e. The Morgan fingerprint density at radius 3 is 2.47 bits per heavy atom. The second-order valence-electron chi connectivity index (χ2n) is 7.04. The molecule has 0 fully saturated rings. The molecule has 0 amide bonds. The predicted octanol–water partition coefficient (Wildman–Crippen LogP) is 4.63. The number of aliphatic imine (C=N–C) groups is 1. The SMILES string of the molecule is CN=C(NCCCOc1ccc2ccccc2c1)NCCCc1c(C)noc1C.I. The Bertz CT molecular complexity index is 936. The lowest BCUT2D eigenvalue weighted by Crippen LogP contribution is -2.38. The summed E-state index contributed by atoms with van der Waals surface area (Å²) in [5.74, 6) is 2.64. The highest BCUT2D eigenvalue weighted by molar-refractivity contribution is 14.0. The van der Waals surface area contributed by atoms with Crippen LogP contribution in [0.4, 0.5) is 0 Å². The van der Waals surface area contributed by atoms with Crippen LogP contribution in [0.5, 0.6) is 5.75 Å². The second kappa shape index (κ2) is 12.4. The zero-order valence-electron chi connectivity index (χ0n) is 17.9. The van der Waals surface area contributed by atoms with Crippen LogP contribution in [-0.4, -0.2) is 37.9 Å². The van der Waals surface area contributed by atoms with Gasteiger partial charge in [0.05, 0.1) is 12.3 Å². The number of halogens is 1. The molecule has 0 saturated heterocycles. The molecular weight excluding hydrogens is 491 g/mol. The molecule has 162 valence electrons. The fraction of sp³-hybridized carbons (Fsp3) is 0.391. The van der Waals surface area contributed by atoms with Crippen molar-refractivity contribution < 1.29 is 9.26 Å². The van der Waals surface area contributed by atoms with Gasteiger partial charge in [0.25, 0.3) is 0 Å². The number of nitrogens with one attached hydrogen (secondary N) is 2. The first kappa shape index (κ1) is 24.0. The number of benzene rings is 2. The molecule has 0 aliphatic heterocycles. The van der Waals surface area contributed by atoms with Gasteiger partial charge < -0.3 is 19.9 Å². The van der Waals surface area contributed by atoms with Crippen molar-refractivity contribution in [2.24, 2.45) is 4.99 Å². The number of aromatic nitrogens is 1. The molecular formula is C23H31IN4O2. The highest BCUT2D eigenvalue weighted by atomic mass is 127. The molecule has 0 saturated carbocycles. The van der Waals surface area contributed by atoms with Gasteiger partial charge in [0.2, 0.25) is 0 Å². The minimum atomic E-state index is 0. The van der Waals surface area contributed by atoms with E-state index in [1.54, 1.807) is 7.05 Å². The Morgan fingerprint density at radius 2 is 1.77 bits per heavy atom. The van der Waals surface area contributed by atoms with Gasteiger partial charge in [-0.3, -0.25) is 4.99 Å². The van der Waals surface area contributed by atoms with Crippen molar-refractivity contribution in [1.82, 2.24) is 15.8 Å².